The van der Waals surface area contributed by atoms with E-state index < -0.39 is 259 Å². The Labute approximate surface area is 406 Å². The van der Waals surface area contributed by atoms with Gasteiger partial charge in [-0.3, -0.25) is 0 Å². The predicted molar refractivity (Wildman–Crippen MR) is 247 cm³/mol. The molecule has 0 spiro atoms. The minimum absolute atomic E-state index is 1.06. The summed E-state index contributed by atoms with van der Waals surface area (Å²) in [5.74, 6) is -47.7. The highest BCUT2D eigenvalue weighted by molar-refractivity contribution is 6.34. The summed E-state index contributed by atoms with van der Waals surface area (Å²) in [7, 11) is 0. The van der Waals surface area contributed by atoms with Crippen molar-refractivity contribution < 1.29 is 147 Å². The van der Waals surface area contributed by atoms with Crippen LogP contribution in [0.1, 0.15) is 0 Å². The van der Waals surface area contributed by atoms with Crippen molar-refractivity contribution in [1.82, 2.24) is 0 Å². The summed E-state index contributed by atoms with van der Waals surface area (Å²) in [5, 5.41) is 302. The van der Waals surface area contributed by atoms with Gasteiger partial charge in [0.15, 0.2) is 80.2 Å². The van der Waals surface area contributed by atoms with Gasteiger partial charge in [0.25, 0.3) is 0 Å². The van der Waals surface area contributed by atoms with E-state index in [1.54, 1.807) is 0 Å². The summed E-state index contributed by atoms with van der Waals surface area (Å²) in [5.41, 5.74) is -11.5. The van der Waals surface area contributed by atoms with Gasteiger partial charge in [-0.15, -0.1) is 0 Å². The zero-order valence-corrected chi connectivity index (χ0v) is 35.9. The molecular weight excluding hydrogens is 1020 g/mol. The molecule has 10 rings (SSSR count). The summed E-state index contributed by atoms with van der Waals surface area (Å²) >= 11 is 0. The molecule has 1 heterocycles. The molecule has 0 unspecified atom stereocenters. The Morgan fingerprint density at radius 1 is 0.120 bits per heavy atom. The topological polar surface area (TPSA) is 580 Å². The quantitative estimate of drug-likeness (QED) is 0.0631. The number of benzene rings is 9. The van der Waals surface area contributed by atoms with E-state index in [4.69, 9.17) is 4.42 Å². The van der Waals surface area contributed by atoms with Crippen LogP contribution in [-0.4, -0.2) is 143 Å². The summed E-state index contributed by atoms with van der Waals surface area (Å²) in [6.45, 7) is 0. The average Bonchev–Trinajstić information content (AvgIpc) is 3.80. The van der Waals surface area contributed by atoms with Crippen LogP contribution in [0.15, 0.2) is 4.42 Å². The van der Waals surface area contributed by atoms with Crippen LogP contribution < -0.4 is 0 Å². The first-order chi connectivity index (χ1) is 35.0. The van der Waals surface area contributed by atoms with Gasteiger partial charge in [-0.2, -0.15) is 0 Å². The second kappa shape index (κ2) is 14.4. The molecule has 0 amide bonds. The highest BCUT2D eigenvalue weighted by Gasteiger charge is 2.41. The Kier molecular flexibility index (Phi) is 9.01. The van der Waals surface area contributed by atoms with E-state index in [0.29, 0.717) is 0 Å². The van der Waals surface area contributed by atoms with Gasteiger partial charge in [0.2, 0.25) is 69.0 Å². The van der Waals surface area contributed by atoms with Crippen molar-refractivity contribution >= 4 is 65.0 Å². The first kappa shape index (κ1) is 46.9. The molecule has 0 aliphatic carbocycles. The third kappa shape index (κ3) is 5.20. The highest BCUT2D eigenvalue weighted by atomic mass is 16.4. The van der Waals surface area contributed by atoms with Gasteiger partial charge in [-0.05, 0) is 0 Å². The Hall–Kier alpha value is -11.8. The second-order valence-electron chi connectivity index (χ2n) is 16.5. The lowest BCUT2D eigenvalue weighted by Crippen LogP contribution is -1.98. The smallest absolute Gasteiger partial charge is 0.208 e. The molecule has 29 heteroatoms. The minimum atomic E-state index is -1.89. The van der Waals surface area contributed by atoms with Crippen molar-refractivity contribution in [2.24, 2.45) is 0 Å². The van der Waals surface area contributed by atoms with Crippen LogP contribution in [0.2, 0.25) is 0 Å². The lowest BCUT2D eigenvalue weighted by Gasteiger charge is -2.26. The van der Waals surface area contributed by atoms with Crippen LogP contribution >= 0.6 is 0 Å². The maximum atomic E-state index is 12.4. The Balaban J connectivity index is 1.55. The lowest BCUT2D eigenvalue weighted by molar-refractivity contribution is 0.329. The fraction of sp³-hybridized carbons (Fsp3) is 0. The minimum Gasteiger partial charge on any atom is -0.506 e. The van der Waals surface area contributed by atoms with Crippen LogP contribution in [0.25, 0.3) is 98.4 Å². The molecule has 0 aliphatic heterocycles. The van der Waals surface area contributed by atoms with Crippen molar-refractivity contribution in [3.8, 4) is 194 Å². The second-order valence-corrected chi connectivity index (χ2v) is 16.5. The molecule has 0 atom stereocenters. The number of phenols is 28. The first-order valence-corrected chi connectivity index (χ1v) is 20.2. The van der Waals surface area contributed by atoms with Crippen LogP contribution in [0.4, 0.5) is 0 Å². The Morgan fingerprint density at radius 3 is 0.720 bits per heavy atom. The summed E-state index contributed by atoms with van der Waals surface area (Å²) in [4.78, 5) is 0. The first-order valence-electron chi connectivity index (χ1n) is 20.2. The summed E-state index contributed by atoms with van der Waals surface area (Å²) < 4.78 is 5.46. The number of furan rings is 1. The predicted octanol–water partition coefficient (Wildman–Crippen LogP) is 4.96. The van der Waals surface area contributed by atoms with Gasteiger partial charge in [-0.1, -0.05) is 0 Å². The van der Waals surface area contributed by atoms with Crippen molar-refractivity contribution in [1.29, 1.82) is 0 Å². The molecule has 0 saturated heterocycles. The van der Waals surface area contributed by atoms with Gasteiger partial charge in [0.1, 0.15) is 23.0 Å². The van der Waals surface area contributed by atoms with Crippen LogP contribution in [0.3, 0.4) is 0 Å². The van der Waals surface area contributed by atoms with E-state index in [9.17, 15) is 143 Å². The molecule has 10 aromatic rings. The number of hydrogen-bond donors (Lipinski definition) is 28. The number of rotatable bonds is 3. The van der Waals surface area contributed by atoms with Crippen LogP contribution in [0.5, 0.6) is 161 Å². The fourth-order valence-electron chi connectivity index (χ4n) is 9.49. The number of hydrogen-bond acceptors (Lipinski definition) is 29. The SMILES string of the molecule is Oc1c(O)c(O)c(-c2c(O)c(-c3c4c(O)c(O)c(O)c(O)c4c(-c4c(O)c(O)c5oc6c(O)c7c(O)c(O)c(O)c(O)c7c(O)c6c5c4O)c4c(O)c(O)c(O)c(O)c34)c3c(O)c(O)c(O)c(O)c3c2O)c(O)c1O. The fourth-order valence-corrected chi connectivity index (χ4v) is 9.49. The number of fused-ring (bicyclic) bond motifs is 7. The molecule has 28 N–H and O–H groups in total. The van der Waals surface area contributed by atoms with Crippen molar-refractivity contribution in [3.63, 3.8) is 0 Å². The molecule has 0 fully saturated rings. The van der Waals surface area contributed by atoms with E-state index in [2.05, 4.69) is 0 Å². The zero-order chi connectivity index (χ0) is 55.3. The van der Waals surface area contributed by atoms with Gasteiger partial charge < -0.3 is 147 Å². The standard InChI is InChI=1S/C46H28O29/c47-17-3(8-10(26(56)38(68)37(67)25(8)55)18(48)11(17)13-28(58)41(71)43(73)42(72)29(13)59)1-4-6(23(53)35(65)33(63)21(4)51)2(7-5(1)22(52)34(64)36(66)24(7)54)9-19(49)16-15-20(50)12-14(30(60)40(70)39(69)27(12)57)32(62)45(15)75-46(16)44(74)31(9)61/h47-74H. The van der Waals surface area contributed by atoms with Crippen molar-refractivity contribution in [2.75, 3.05) is 0 Å². The van der Waals surface area contributed by atoms with E-state index in [1.165, 1.54) is 0 Å². The lowest BCUT2D eigenvalue weighted by atomic mass is 9.80. The molecule has 1 aromatic heterocycles. The van der Waals surface area contributed by atoms with Gasteiger partial charge in [0.05, 0.1) is 43.6 Å². The van der Waals surface area contributed by atoms with Crippen LogP contribution in [0, 0.1) is 0 Å². The molecule has 0 aliphatic rings. The Bertz CT molecular complexity index is 4330. The molecule has 0 radical (unpaired) electrons. The average molecular weight is 1040 g/mol. The maximum Gasteiger partial charge on any atom is 0.208 e. The normalized spacial score (nSPS) is 11.9. The third-order valence-corrected chi connectivity index (χ3v) is 12.9. The van der Waals surface area contributed by atoms with Crippen molar-refractivity contribution in [3.05, 3.63) is 0 Å². The maximum absolute atomic E-state index is 12.4. The molecule has 386 valence electrons. The Morgan fingerprint density at radius 2 is 0.333 bits per heavy atom. The van der Waals surface area contributed by atoms with E-state index in [0.717, 1.165) is 0 Å². The van der Waals surface area contributed by atoms with Gasteiger partial charge in [0, 0.05) is 43.6 Å². The van der Waals surface area contributed by atoms with Crippen molar-refractivity contribution in [2.45, 2.75) is 0 Å². The molecule has 29 nitrogen and oxygen atoms in total. The molecule has 0 bridgehead atoms. The van der Waals surface area contributed by atoms with Gasteiger partial charge >= 0.3 is 0 Å². The van der Waals surface area contributed by atoms with E-state index in [-0.39, 0.29) is 0 Å². The van der Waals surface area contributed by atoms with E-state index in [1.807, 2.05) is 0 Å². The molecule has 9 aromatic carbocycles. The van der Waals surface area contributed by atoms with Crippen LogP contribution in [-0.2, 0) is 0 Å². The number of phenolic OH excluding ortho intramolecular Hbond substituents is 28. The summed E-state index contributed by atoms with van der Waals surface area (Å²) in [6.07, 6.45) is 0. The number of aromatic hydroxyl groups is 28. The third-order valence-electron chi connectivity index (χ3n) is 12.9. The summed E-state index contributed by atoms with van der Waals surface area (Å²) in [6, 6.07) is 0. The largest absolute Gasteiger partial charge is 0.506 e. The van der Waals surface area contributed by atoms with E-state index >= 15 is 0 Å². The molecular formula is C46H28O29. The molecule has 75 heavy (non-hydrogen) atoms. The highest BCUT2D eigenvalue weighted by Crippen LogP contribution is 2.70. The zero-order valence-electron chi connectivity index (χ0n) is 35.9. The monoisotopic (exact) mass is 1040 g/mol. The molecule has 0 saturated carbocycles. The van der Waals surface area contributed by atoms with Gasteiger partial charge in [-0.25, -0.2) is 0 Å².